The monoisotopic (exact) mass is 412 g/mol. The molecule has 2 aliphatic heterocycles. The van der Waals surface area contributed by atoms with E-state index in [-0.39, 0.29) is 16.6 Å². The fraction of sp³-hybridized carbons (Fsp3) is 0.364. The number of nitrogens with zero attached hydrogens (tertiary/aromatic N) is 2. The van der Waals surface area contributed by atoms with Crippen LogP contribution >= 0.6 is 0 Å². The number of hydrogen-bond acceptors (Lipinski definition) is 4. The first-order chi connectivity index (χ1) is 13.9. The number of anilines is 1. The van der Waals surface area contributed by atoms with Crippen LogP contribution in [0.1, 0.15) is 42.1 Å². The molecule has 1 unspecified atom stereocenters. The molecular formula is C22H24N2O4S. The summed E-state index contributed by atoms with van der Waals surface area (Å²) in [5.74, 6) is -0.272. The van der Waals surface area contributed by atoms with Crippen LogP contribution in [0.3, 0.4) is 0 Å². The number of Topliss-reactive ketones (excluding diaryl/α,β-unsaturated/α-hetero) is 1. The maximum absolute atomic E-state index is 13.4. The molecule has 0 aromatic heterocycles. The van der Waals surface area contributed by atoms with Crippen LogP contribution in [-0.2, 0) is 21.2 Å². The minimum atomic E-state index is -3.83. The van der Waals surface area contributed by atoms with E-state index in [1.165, 1.54) is 35.5 Å². The summed E-state index contributed by atoms with van der Waals surface area (Å²) in [7, 11) is -3.83. The van der Waals surface area contributed by atoms with Gasteiger partial charge < -0.3 is 4.90 Å². The molecule has 0 radical (unpaired) electrons. The van der Waals surface area contributed by atoms with Crippen LogP contribution in [0.4, 0.5) is 5.69 Å². The number of benzene rings is 2. The molecule has 0 saturated carbocycles. The number of amides is 1. The number of para-hydroxylation sites is 1. The molecule has 152 valence electrons. The first kappa shape index (κ1) is 19.8. The molecule has 2 aromatic carbocycles. The molecule has 2 heterocycles. The predicted octanol–water partition coefficient (Wildman–Crippen LogP) is 3.02. The maximum atomic E-state index is 13.4. The van der Waals surface area contributed by atoms with Crippen LogP contribution in [0.2, 0.25) is 0 Å². The minimum Gasteiger partial charge on any atom is -0.310 e. The SMILES string of the molecule is CC(=O)c1ccc(S(=O)(=O)N2CCCCC2C(=O)N2CCc3ccccc32)cc1. The zero-order valence-corrected chi connectivity index (χ0v) is 17.2. The van der Waals surface area contributed by atoms with Crippen molar-refractivity contribution in [2.24, 2.45) is 0 Å². The van der Waals surface area contributed by atoms with Gasteiger partial charge in [-0.15, -0.1) is 0 Å². The summed E-state index contributed by atoms with van der Waals surface area (Å²) in [5.41, 5.74) is 2.46. The smallest absolute Gasteiger partial charge is 0.245 e. The molecule has 6 nitrogen and oxygen atoms in total. The molecule has 1 saturated heterocycles. The van der Waals surface area contributed by atoms with Gasteiger partial charge in [0.25, 0.3) is 0 Å². The average molecular weight is 413 g/mol. The third-order valence-corrected chi connectivity index (χ3v) is 7.68. The summed E-state index contributed by atoms with van der Waals surface area (Å²) < 4.78 is 28.0. The van der Waals surface area contributed by atoms with Gasteiger partial charge in [-0.2, -0.15) is 4.31 Å². The van der Waals surface area contributed by atoms with Gasteiger partial charge in [-0.05, 0) is 49.9 Å². The van der Waals surface area contributed by atoms with Gasteiger partial charge in [0.15, 0.2) is 5.78 Å². The highest BCUT2D eigenvalue weighted by Crippen LogP contribution is 2.32. The molecule has 0 N–H and O–H groups in total. The van der Waals surface area contributed by atoms with E-state index in [4.69, 9.17) is 0 Å². The number of hydrogen-bond donors (Lipinski definition) is 0. The van der Waals surface area contributed by atoms with E-state index in [1.807, 2.05) is 24.3 Å². The van der Waals surface area contributed by atoms with Gasteiger partial charge in [-0.3, -0.25) is 9.59 Å². The molecule has 2 aromatic rings. The highest BCUT2D eigenvalue weighted by Gasteiger charge is 2.40. The minimum absolute atomic E-state index is 0.115. The number of carbonyl (C=O) groups is 2. The lowest BCUT2D eigenvalue weighted by Crippen LogP contribution is -2.52. The van der Waals surface area contributed by atoms with E-state index in [2.05, 4.69) is 0 Å². The van der Waals surface area contributed by atoms with Crippen LogP contribution in [0.15, 0.2) is 53.4 Å². The molecular weight excluding hydrogens is 388 g/mol. The fourth-order valence-electron chi connectivity index (χ4n) is 4.18. The van der Waals surface area contributed by atoms with Crippen LogP contribution in [0, 0.1) is 0 Å². The average Bonchev–Trinajstić information content (AvgIpc) is 3.17. The maximum Gasteiger partial charge on any atom is 0.245 e. The van der Waals surface area contributed by atoms with Crippen molar-refractivity contribution in [3.05, 3.63) is 59.7 Å². The van der Waals surface area contributed by atoms with E-state index < -0.39 is 16.1 Å². The number of rotatable bonds is 4. The van der Waals surface area contributed by atoms with E-state index in [0.29, 0.717) is 25.1 Å². The zero-order chi connectivity index (χ0) is 20.6. The molecule has 2 aliphatic rings. The normalized spacial score (nSPS) is 19.8. The Morgan fingerprint density at radius 1 is 0.966 bits per heavy atom. The van der Waals surface area contributed by atoms with Gasteiger partial charge in [0.05, 0.1) is 4.90 Å². The lowest BCUT2D eigenvalue weighted by molar-refractivity contribution is -0.123. The van der Waals surface area contributed by atoms with Gasteiger partial charge in [0.1, 0.15) is 6.04 Å². The van der Waals surface area contributed by atoms with E-state index in [9.17, 15) is 18.0 Å². The van der Waals surface area contributed by atoms with Crippen molar-refractivity contribution in [1.82, 2.24) is 4.31 Å². The third kappa shape index (κ3) is 3.60. The van der Waals surface area contributed by atoms with Crippen LogP contribution < -0.4 is 4.90 Å². The second kappa shape index (κ2) is 7.72. The lowest BCUT2D eigenvalue weighted by atomic mass is 10.0. The second-order valence-electron chi connectivity index (χ2n) is 7.58. The molecule has 0 spiro atoms. The summed E-state index contributed by atoms with van der Waals surface area (Å²) in [6.45, 7) is 2.34. The lowest BCUT2D eigenvalue weighted by Gasteiger charge is -2.36. The highest BCUT2D eigenvalue weighted by molar-refractivity contribution is 7.89. The van der Waals surface area contributed by atoms with Crippen molar-refractivity contribution in [3.8, 4) is 0 Å². The van der Waals surface area contributed by atoms with Crippen molar-refractivity contribution < 1.29 is 18.0 Å². The van der Waals surface area contributed by atoms with Crippen LogP contribution in [-0.4, -0.2) is 43.5 Å². The quantitative estimate of drug-likeness (QED) is 0.724. The Kier molecular flexibility index (Phi) is 5.27. The third-order valence-electron chi connectivity index (χ3n) is 5.76. The van der Waals surface area contributed by atoms with Gasteiger partial charge in [0.2, 0.25) is 15.9 Å². The molecule has 1 amide bonds. The van der Waals surface area contributed by atoms with Crippen molar-refractivity contribution in [2.45, 2.75) is 43.5 Å². The topological polar surface area (TPSA) is 74.8 Å². The molecule has 4 rings (SSSR count). The van der Waals surface area contributed by atoms with Gasteiger partial charge in [0, 0.05) is 24.3 Å². The first-order valence-corrected chi connectivity index (χ1v) is 11.4. The van der Waals surface area contributed by atoms with Gasteiger partial charge >= 0.3 is 0 Å². The van der Waals surface area contributed by atoms with Crippen molar-refractivity contribution >= 4 is 27.4 Å². The first-order valence-electron chi connectivity index (χ1n) is 9.92. The molecule has 29 heavy (non-hydrogen) atoms. The van der Waals surface area contributed by atoms with E-state index >= 15 is 0 Å². The van der Waals surface area contributed by atoms with E-state index in [1.54, 1.807) is 4.90 Å². The number of carbonyl (C=O) groups excluding carboxylic acids is 2. The van der Waals surface area contributed by atoms with Crippen LogP contribution in [0.5, 0.6) is 0 Å². The predicted molar refractivity (Wildman–Crippen MR) is 110 cm³/mol. The number of ketones is 1. The fourth-order valence-corrected chi connectivity index (χ4v) is 5.83. The molecule has 0 bridgehead atoms. The van der Waals surface area contributed by atoms with Gasteiger partial charge in [-0.1, -0.05) is 36.8 Å². The van der Waals surface area contributed by atoms with E-state index in [0.717, 1.165) is 30.5 Å². The van der Waals surface area contributed by atoms with Crippen molar-refractivity contribution in [1.29, 1.82) is 0 Å². The molecule has 7 heteroatoms. The summed E-state index contributed by atoms with van der Waals surface area (Å²) in [6, 6.07) is 13.0. The van der Waals surface area contributed by atoms with Crippen LogP contribution in [0.25, 0.3) is 0 Å². The Hall–Kier alpha value is -2.51. The summed E-state index contributed by atoms with van der Waals surface area (Å²) in [4.78, 5) is 26.7. The molecule has 0 aliphatic carbocycles. The Morgan fingerprint density at radius 3 is 2.41 bits per heavy atom. The van der Waals surface area contributed by atoms with Gasteiger partial charge in [-0.25, -0.2) is 8.42 Å². The Bertz CT molecular complexity index is 1050. The Balaban J connectivity index is 1.63. The Labute approximate surface area is 171 Å². The number of sulfonamides is 1. The number of fused-ring (bicyclic) bond motifs is 1. The standard InChI is InChI=1S/C22H24N2O4S/c1-16(25)17-9-11-19(12-10-17)29(27,28)24-14-5-4-8-21(24)22(26)23-15-13-18-6-2-3-7-20(18)23/h2-3,6-7,9-12,21H,4-5,8,13-15H2,1H3. The molecule has 1 fully saturated rings. The highest BCUT2D eigenvalue weighted by atomic mass is 32.2. The largest absolute Gasteiger partial charge is 0.310 e. The number of piperidine rings is 1. The van der Waals surface area contributed by atoms with Crippen molar-refractivity contribution in [2.75, 3.05) is 18.0 Å². The Morgan fingerprint density at radius 2 is 1.69 bits per heavy atom. The van der Waals surface area contributed by atoms with Crippen molar-refractivity contribution in [3.63, 3.8) is 0 Å². The summed E-state index contributed by atoms with van der Waals surface area (Å²) in [6.07, 6.45) is 2.85. The molecule has 1 atom stereocenters. The zero-order valence-electron chi connectivity index (χ0n) is 16.4. The summed E-state index contributed by atoms with van der Waals surface area (Å²) in [5, 5.41) is 0. The second-order valence-corrected chi connectivity index (χ2v) is 9.47. The summed E-state index contributed by atoms with van der Waals surface area (Å²) >= 11 is 0.